The molecule has 4 aromatic rings. The van der Waals surface area contributed by atoms with Gasteiger partial charge in [0.25, 0.3) is 5.91 Å². The standard InChI is InChI=1S/C22H18Cl2N6O2S/c1-2-32-18-6-4-16(5-7-18)27-21(31)20-19(13-33-22-25-8-3-9-26-22)30(29-28-20)17-11-14(23)10-15(24)12-17/h3-12H,2,13H2,1H3,(H,27,31). The molecule has 0 aliphatic rings. The molecule has 4 rings (SSSR count). The Morgan fingerprint density at radius 1 is 1.09 bits per heavy atom. The van der Waals surface area contributed by atoms with Crippen molar-refractivity contribution in [3.05, 3.63) is 82.4 Å². The minimum atomic E-state index is -0.400. The van der Waals surface area contributed by atoms with Gasteiger partial charge in [-0.1, -0.05) is 40.2 Å². The van der Waals surface area contributed by atoms with Crippen LogP contribution in [0.2, 0.25) is 10.0 Å². The van der Waals surface area contributed by atoms with E-state index in [-0.39, 0.29) is 5.69 Å². The van der Waals surface area contributed by atoms with E-state index in [4.69, 9.17) is 27.9 Å². The van der Waals surface area contributed by atoms with Crippen molar-refractivity contribution in [1.29, 1.82) is 0 Å². The van der Waals surface area contributed by atoms with E-state index in [0.29, 0.717) is 44.6 Å². The van der Waals surface area contributed by atoms with Gasteiger partial charge in [0.1, 0.15) is 5.75 Å². The van der Waals surface area contributed by atoms with Crippen molar-refractivity contribution in [2.45, 2.75) is 17.8 Å². The molecule has 0 atom stereocenters. The van der Waals surface area contributed by atoms with Crippen LogP contribution in [-0.2, 0) is 5.75 Å². The van der Waals surface area contributed by atoms with Crippen LogP contribution in [0.5, 0.6) is 5.75 Å². The van der Waals surface area contributed by atoms with Crippen molar-refractivity contribution < 1.29 is 9.53 Å². The number of nitrogens with one attached hydrogen (secondary N) is 1. The zero-order chi connectivity index (χ0) is 23.2. The van der Waals surface area contributed by atoms with Crippen molar-refractivity contribution in [3.63, 3.8) is 0 Å². The number of anilines is 1. The Bertz CT molecular complexity index is 1230. The van der Waals surface area contributed by atoms with Gasteiger partial charge in [0.15, 0.2) is 10.9 Å². The molecule has 1 N–H and O–H groups in total. The highest BCUT2D eigenvalue weighted by Crippen LogP contribution is 2.27. The molecule has 2 heterocycles. The van der Waals surface area contributed by atoms with Crippen molar-refractivity contribution >= 4 is 46.6 Å². The SMILES string of the molecule is CCOc1ccc(NC(=O)c2nnn(-c3cc(Cl)cc(Cl)c3)c2CSc2ncccn2)cc1. The van der Waals surface area contributed by atoms with E-state index in [2.05, 4.69) is 25.6 Å². The van der Waals surface area contributed by atoms with Gasteiger partial charge in [-0.2, -0.15) is 0 Å². The highest BCUT2D eigenvalue weighted by molar-refractivity contribution is 7.98. The quantitative estimate of drug-likeness (QED) is 0.258. The maximum absolute atomic E-state index is 13.1. The van der Waals surface area contributed by atoms with E-state index < -0.39 is 5.91 Å². The molecular formula is C22H18Cl2N6O2S. The number of halogens is 2. The predicted octanol–water partition coefficient (Wildman–Crippen LogP) is 5.31. The van der Waals surface area contributed by atoms with E-state index in [1.165, 1.54) is 11.8 Å². The van der Waals surface area contributed by atoms with Gasteiger partial charge in [-0.15, -0.1) is 5.10 Å². The molecule has 0 radical (unpaired) electrons. The fraction of sp³-hybridized carbons (Fsp3) is 0.136. The molecule has 2 aromatic carbocycles. The van der Waals surface area contributed by atoms with Crippen molar-refractivity contribution in [3.8, 4) is 11.4 Å². The molecule has 0 saturated heterocycles. The molecule has 0 spiro atoms. The number of aromatic nitrogens is 5. The maximum atomic E-state index is 13.1. The first kappa shape index (κ1) is 23.0. The number of ether oxygens (including phenoxy) is 1. The summed E-state index contributed by atoms with van der Waals surface area (Å²) < 4.78 is 6.98. The Kier molecular flexibility index (Phi) is 7.43. The number of carbonyl (C=O) groups is 1. The summed E-state index contributed by atoms with van der Waals surface area (Å²) in [5.74, 6) is 0.662. The van der Waals surface area contributed by atoms with Gasteiger partial charge in [-0.05, 0) is 55.5 Å². The number of nitrogens with zero attached hydrogens (tertiary/aromatic N) is 5. The van der Waals surface area contributed by atoms with Crippen LogP contribution < -0.4 is 10.1 Å². The number of thioether (sulfide) groups is 1. The first-order valence-corrected chi connectivity index (χ1v) is 11.6. The minimum absolute atomic E-state index is 0.170. The molecule has 0 unspecified atom stereocenters. The first-order chi connectivity index (χ1) is 16.0. The Morgan fingerprint density at radius 3 is 2.45 bits per heavy atom. The lowest BCUT2D eigenvalue weighted by Gasteiger charge is -2.09. The van der Waals surface area contributed by atoms with E-state index in [0.717, 1.165) is 5.75 Å². The minimum Gasteiger partial charge on any atom is -0.494 e. The smallest absolute Gasteiger partial charge is 0.278 e. The molecule has 11 heteroatoms. The molecule has 33 heavy (non-hydrogen) atoms. The van der Waals surface area contributed by atoms with Crippen LogP contribution in [0, 0.1) is 0 Å². The molecule has 0 bridgehead atoms. The van der Waals surface area contributed by atoms with Gasteiger partial charge in [-0.3, -0.25) is 4.79 Å². The van der Waals surface area contributed by atoms with Crippen LogP contribution in [0.1, 0.15) is 23.1 Å². The number of hydrogen-bond donors (Lipinski definition) is 1. The Hall–Kier alpha value is -3.14. The lowest BCUT2D eigenvalue weighted by molar-refractivity contribution is 0.102. The fourth-order valence-electron chi connectivity index (χ4n) is 2.96. The summed E-state index contributed by atoms with van der Waals surface area (Å²) in [6.07, 6.45) is 3.31. The van der Waals surface area contributed by atoms with E-state index >= 15 is 0 Å². The van der Waals surface area contributed by atoms with Gasteiger partial charge in [0.05, 0.1) is 18.0 Å². The average Bonchev–Trinajstić information content (AvgIpc) is 3.23. The zero-order valence-corrected chi connectivity index (χ0v) is 19.7. The summed E-state index contributed by atoms with van der Waals surface area (Å²) >= 11 is 13.7. The summed E-state index contributed by atoms with van der Waals surface area (Å²) in [5, 5.41) is 12.6. The molecule has 0 fully saturated rings. The second-order valence-electron chi connectivity index (χ2n) is 6.66. The van der Waals surface area contributed by atoms with Crippen molar-refractivity contribution in [2.24, 2.45) is 0 Å². The van der Waals surface area contributed by atoms with Crippen LogP contribution in [0.4, 0.5) is 5.69 Å². The van der Waals surface area contributed by atoms with E-state index in [1.807, 2.05) is 6.92 Å². The monoisotopic (exact) mass is 500 g/mol. The lowest BCUT2D eigenvalue weighted by Crippen LogP contribution is -2.15. The van der Waals surface area contributed by atoms with Crippen LogP contribution in [0.15, 0.2) is 66.1 Å². The Morgan fingerprint density at radius 2 is 1.79 bits per heavy atom. The van der Waals surface area contributed by atoms with E-state index in [1.54, 1.807) is 65.6 Å². The summed E-state index contributed by atoms with van der Waals surface area (Å²) in [4.78, 5) is 21.5. The first-order valence-electron chi connectivity index (χ1n) is 9.88. The second-order valence-corrected chi connectivity index (χ2v) is 8.47. The molecule has 8 nitrogen and oxygen atoms in total. The highest BCUT2D eigenvalue weighted by Gasteiger charge is 2.22. The summed E-state index contributed by atoms with van der Waals surface area (Å²) in [6.45, 7) is 2.47. The number of benzene rings is 2. The zero-order valence-electron chi connectivity index (χ0n) is 17.4. The van der Waals surface area contributed by atoms with Crippen LogP contribution in [0.25, 0.3) is 5.69 Å². The molecule has 168 valence electrons. The maximum Gasteiger partial charge on any atom is 0.278 e. The molecule has 0 aliphatic heterocycles. The second kappa shape index (κ2) is 10.7. The third-order valence-corrected chi connectivity index (χ3v) is 5.70. The molecule has 1 amide bonds. The summed E-state index contributed by atoms with van der Waals surface area (Å²) in [6, 6.07) is 13.8. The van der Waals surface area contributed by atoms with Gasteiger partial charge < -0.3 is 10.1 Å². The third-order valence-electron chi connectivity index (χ3n) is 4.37. The van der Waals surface area contributed by atoms with Gasteiger partial charge in [0.2, 0.25) is 0 Å². The van der Waals surface area contributed by atoms with Gasteiger partial charge in [0, 0.05) is 33.9 Å². The van der Waals surface area contributed by atoms with Crippen molar-refractivity contribution in [1.82, 2.24) is 25.0 Å². The normalized spacial score (nSPS) is 10.8. The van der Waals surface area contributed by atoms with Gasteiger partial charge in [-0.25, -0.2) is 14.6 Å². The fourth-order valence-corrected chi connectivity index (χ4v) is 4.27. The molecule has 0 aliphatic carbocycles. The summed E-state index contributed by atoms with van der Waals surface area (Å²) in [7, 11) is 0. The summed E-state index contributed by atoms with van der Waals surface area (Å²) in [5.41, 5.74) is 1.91. The third kappa shape index (κ3) is 5.81. The number of rotatable bonds is 8. The van der Waals surface area contributed by atoms with E-state index in [9.17, 15) is 4.79 Å². The predicted molar refractivity (Wildman–Crippen MR) is 129 cm³/mol. The topological polar surface area (TPSA) is 94.8 Å². The lowest BCUT2D eigenvalue weighted by atomic mass is 10.2. The van der Waals surface area contributed by atoms with Crippen LogP contribution >= 0.6 is 35.0 Å². The molecule has 0 saturated carbocycles. The number of hydrogen-bond acceptors (Lipinski definition) is 7. The number of amides is 1. The van der Waals surface area contributed by atoms with Crippen LogP contribution in [-0.4, -0.2) is 37.5 Å². The van der Waals surface area contributed by atoms with Crippen LogP contribution in [0.3, 0.4) is 0 Å². The number of carbonyl (C=O) groups excluding carboxylic acids is 1. The largest absolute Gasteiger partial charge is 0.494 e. The highest BCUT2D eigenvalue weighted by atomic mass is 35.5. The Labute approximate surface area is 204 Å². The Balaban J connectivity index is 1.64. The van der Waals surface area contributed by atoms with Crippen molar-refractivity contribution in [2.75, 3.05) is 11.9 Å². The van der Waals surface area contributed by atoms with Gasteiger partial charge >= 0.3 is 0 Å². The molecule has 2 aromatic heterocycles. The average molecular weight is 501 g/mol. The molecular weight excluding hydrogens is 483 g/mol.